The molecule has 8 heteroatoms. The third kappa shape index (κ3) is 4.44. The number of fused-ring (bicyclic) bond motifs is 1. The zero-order chi connectivity index (χ0) is 27.0. The van der Waals surface area contributed by atoms with Gasteiger partial charge in [0.1, 0.15) is 17.6 Å². The van der Waals surface area contributed by atoms with Crippen LogP contribution in [0.3, 0.4) is 0 Å². The fraction of sp³-hybridized carbons (Fsp3) is 0.759. The summed E-state index contributed by atoms with van der Waals surface area (Å²) in [5.74, 6) is -2.59. The minimum absolute atomic E-state index is 0.0514. The van der Waals surface area contributed by atoms with Crippen LogP contribution in [0.15, 0.2) is 25.3 Å². The molecule has 1 spiro atoms. The van der Waals surface area contributed by atoms with E-state index in [4.69, 9.17) is 9.47 Å². The van der Waals surface area contributed by atoms with Gasteiger partial charge in [-0.25, -0.2) is 0 Å². The lowest BCUT2D eigenvalue weighted by atomic mass is 9.62. The van der Waals surface area contributed by atoms with Crippen LogP contribution in [-0.2, 0) is 23.9 Å². The van der Waals surface area contributed by atoms with Crippen LogP contribution in [0, 0.1) is 17.8 Å². The van der Waals surface area contributed by atoms with Crippen LogP contribution in [0.2, 0.25) is 0 Å². The molecule has 37 heavy (non-hydrogen) atoms. The first-order valence-electron chi connectivity index (χ1n) is 14.0. The van der Waals surface area contributed by atoms with Gasteiger partial charge in [0, 0.05) is 12.6 Å². The first-order valence-corrected chi connectivity index (χ1v) is 14.0. The molecule has 1 aliphatic carbocycles. The highest BCUT2D eigenvalue weighted by molar-refractivity contribution is 5.99. The Morgan fingerprint density at radius 3 is 2.59 bits per heavy atom. The van der Waals surface area contributed by atoms with E-state index in [-0.39, 0.29) is 37.0 Å². The molecule has 7 atom stereocenters. The minimum Gasteiger partial charge on any atom is -0.465 e. The Labute approximate surface area is 221 Å². The quantitative estimate of drug-likeness (QED) is 0.257. The maximum Gasteiger partial charge on any atom is 0.312 e. The number of hydrogen-bond acceptors (Lipinski definition) is 6. The average Bonchev–Trinajstić information content (AvgIpc) is 3.41. The number of allylic oxidation sites excluding steroid dienone is 1. The third-order valence-corrected chi connectivity index (χ3v) is 9.40. The Hall–Kier alpha value is -2.19. The third-order valence-electron chi connectivity index (χ3n) is 9.40. The highest BCUT2D eigenvalue weighted by atomic mass is 16.6. The van der Waals surface area contributed by atoms with Crippen molar-refractivity contribution < 1.29 is 29.0 Å². The predicted molar refractivity (Wildman–Crippen MR) is 139 cm³/mol. The number of aliphatic hydroxyl groups excluding tert-OH is 1. The Balaban J connectivity index is 1.73. The normalized spacial score (nSPS) is 35.8. The van der Waals surface area contributed by atoms with Gasteiger partial charge in [0.05, 0.1) is 30.8 Å². The van der Waals surface area contributed by atoms with Gasteiger partial charge < -0.3 is 24.4 Å². The smallest absolute Gasteiger partial charge is 0.312 e. The molecule has 2 amide bonds. The van der Waals surface area contributed by atoms with Crippen LogP contribution in [0.25, 0.3) is 0 Å². The molecule has 4 fully saturated rings. The number of ether oxygens (including phenoxy) is 2. The van der Waals surface area contributed by atoms with Crippen molar-refractivity contribution in [1.29, 1.82) is 0 Å². The lowest BCUT2D eigenvalue weighted by Crippen LogP contribution is -2.60. The van der Waals surface area contributed by atoms with Crippen molar-refractivity contribution in [2.45, 2.75) is 101 Å². The van der Waals surface area contributed by atoms with Gasteiger partial charge in [0.25, 0.3) is 0 Å². The van der Waals surface area contributed by atoms with E-state index in [1.54, 1.807) is 19.1 Å². The van der Waals surface area contributed by atoms with Crippen LogP contribution < -0.4 is 0 Å². The summed E-state index contributed by atoms with van der Waals surface area (Å²) in [6.07, 6.45) is 10.5. The number of nitrogens with zero attached hydrogens (tertiary/aromatic N) is 2. The molecular formula is C29H44N2O6. The van der Waals surface area contributed by atoms with Gasteiger partial charge in [-0.1, -0.05) is 38.3 Å². The Morgan fingerprint density at radius 2 is 1.97 bits per heavy atom. The summed E-state index contributed by atoms with van der Waals surface area (Å²) in [5.41, 5.74) is -2.04. The number of amides is 2. The molecule has 1 saturated carbocycles. The molecule has 206 valence electrons. The first kappa shape index (κ1) is 27.8. The average molecular weight is 517 g/mol. The second kappa shape index (κ2) is 10.9. The van der Waals surface area contributed by atoms with Gasteiger partial charge in [-0.05, 0) is 51.9 Å². The maximum atomic E-state index is 14.5. The van der Waals surface area contributed by atoms with Crippen molar-refractivity contribution in [3.05, 3.63) is 25.3 Å². The zero-order valence-corrected chi connectivity index (χ0v) is 22.7. The number of likely N-dealkylation sites (tertiary alicyclic amines) is 1. The van der Waals surface area contributed by atoms with Crippen LogP contribution in [0.1, 0.15) is 72.1 Å². The Morgan fingerprint density at radius 1 is 1.27 bits per heavy atom. The summed E-state index contributed by atoms with van der Waals surface area (Å²) >= 11 is 0. The van der Waals surface area contributed by atoms with Crippen molar-refractivity contribution in [3.8, 4) is 0 Å². The molecule has 1 N–H and O–H groups in total. The van der Waals surface area contributed by atoms with Crippen molar-refractivity contribution in [3.63, 3.8) is 0 Å². The van der Waals surface area contributed by atoms with E-state index in [0.717, 1.165) is 38.5 Å². The van der Waals surface area contributed by atoms with Gasteiger partial charge in [-0.2, -0.15) is 0 Å². The first-order chi connectivity index (χ1) is 17.7. The van der Waals surface area contributed by atoms with Crippen LogP contribution in [-0.4, -0.2) is 81.8 Å². The summed E-state index contributed by atoms with van der Waals surface area (Å²) in [4.78, 5) is 45.4. The summed E-state index contributed by atoms with van der Waals surface area (Å²) in [5, 5.41) is 10.1. The van der Waals surface area contributed by atoms with Crippen molar-refractivity contribution in [2.24, 2.45) is 17.8 Å². The monoisotopic (exact) mass is 516 g/mol. The number of carbonyl (C=O) groups is 3. The van der Waals surface area contributed by atoms with Gasteiger partial charge in [-0.15, -0.1) is 13.2 Å². The van der Waals surface area contributed by atoms with E-state index >= 15 is 0 Å². The molecule has 3 saturated heterocycles. The van der Waals surface area contributed by atoms with E-state index in [2.05, 4.69) is 13.2 Å². The zero-order valence-electron chi connectivity index (χ0n) is 22.7. The summed E-state index contributed by atoms with van der Waals surface area (Å²) in [7, 11) is 0. The standard InChI is InChI=1S/C29H44N2O6/c1-6-8-12-16-36-27(35)23-22-25(33)31(20(4)18-32)24(29(22)17-19(3)28(23,5)37-29)26(34)30(15-7-2)21-13-10-9-11-14-21/h6-7,19-24,32H,1-2,8-18H2,3-5H3/t19?,20-,22+,23-,24?,28+,29?/m1/s1. The number of carbonyl (C=O) groups excluding carboxylic acids is 3. The lowest BCUT2D eigenvalue weighted by Gasteiger charge is -2.42. The van der Waals surface area contributed by atoms with E-state index in [1.807, 2.05) is 18.7 Å². The molecule has 4 aliphatic rings. The van der Waals surface area contributed by atoms with Gasteiger partial charge >= 0.3 is 5.97 Å². The topological polar surface area (TPSA) is 96.4 Å². The highest BCUT2D eigenvalue weighted by Gasteiger charge is 2.80. The molecule has 0 radical (unpaired) electrons. The number of hydrogen-bond donors (Lipinski definition) is 1. The SMILES string of the molecule is C=CCCCOC(=O)[C@H]1[C@H]2C(=O)N([C@H](C)CO)C(C(=O)N(CC=C)C3CCCCC3)C23CC(C)[C@]1(C)O3. The number of aliphatic hydroxyl groups is 1. The van der Waals surface area contributed by atoms with Gasteiger partial charge in [0.2, 0.25) is 11.8 Å². The number of unbranched alkanes of at least 4 members (excludes halogenated alkanes) is 1. The molecular weight excluding hydrogens is 472 g/mol. The lowest BCUT2D eigenvalue weighted by molar-refractivity contribution is -0.164. The maximum absolute atomic E-state index is 14.5. The number of esters is 1. The van der Waals surface area contributed by atoms with E-state index in [0.29, 0.717) is 19.4 Å². The van der Waals surface area contributed by atoms with Crippen LogP contribution in [0.4, 0.5) is 0 Å². The molecule has 3 aliphatic heterocycles. The molecule has 4 rings (SSSR count). The highest BCUT2D eigenvalue weighted by Crippen LogP contribution is 2.65. The van der Waals surface area contributed by atoms with Gasteiger partial charge in [0.15, 0.2) is 0 Å². The van der Waals surface area contributed by atoms with Crippen molar-refractivity contribution >= 4 is 17.8 Å². The molecule has 0 aromatic heterocycles. The second-order valence-corrected chi connectivity index (χ2v) is 11.7. The van der Waals surface area contributed by atoms with E-state index in [1.165, 1.54) is 4.90 Å². The van der Waals surface area contributed by atoms with Crippen molar-refractivity contribution in [2.75, 3.05) is 19.8 Å². The summed E-state index contributed by atoms with van der Waals surface area (Å²) in [6, 6.07) is -1.42. The van der Waals surface area contributed by atoms with Crippen LogP contribution in [0.5, 0.6) is 0 Å². The second-order valence-electron chi connectivity index (χ2n) is 11.7. The van der Waals surface area contributed by atoms with E-state index in [9.17, 15) is 19.5 Å². The van der Waals surface area contributed by atoms with E-state index < -0.39 is 41.1 Å². The molecule has 3 heterocycles. The molecule has 3 unspecified atom stereocenters. The Kier molecular flexibility index (Phi) is 8.19. The summed E-state index contributed by atoms with van der Waals surface area (Å²) < 4.78 is 12.4. The van der Waals surface area contributed by atoms with Crippen molar-refractivity contribution in [1.82, 2.24) is 9.80 Å². The predicted octanol–water partition coefficient (Wildman–Crippen LogP) is 3.23. The molecule has 8 nitrogen and oxygen atoms in total. The largest absolute Gasteiger partial charge is 0.465 e. The minimum atomic E-state index is -1.13. The van der Waals surface area contributed by atoms with Gasteiger partial charge in [-0.3, -0.25) is 14.4 Å². The molecule has 2 bridgehead atoms. The molecule has 0 aromatic carbocycles. The fourth-order valence-electron chi connectivity index (χ4n) is 7.47. The summed E-state index contributed by atoms with van der Waals surface area (Å²) in [6.45, 7) is 13.6. The number of rotatable bonds is 11. The Bertz CT molecular complexity index is 916. The van der Waals surface area contributed by atoms with Crippen LogP contribution >= 0.6 is 0 Å². The fourth-order valence-corrected chi connectivity index (χ4v) is 7.47. The molecule has 0 aromatic rings.